The van der Waals surface area contributed by atoms with Crippen LogP contribution in [0.2, 0.25) is 0 Å². The van der Waals surface area contributed by atoms with E-state index in [0.717, 1.165) is 30.6 Å². The molecule has 0 unspecified atom stereocenters. The summed E-state index contributed by atoms with van der Waals surface area (Å²) in [5.74, 6) is 2.10. The van der Waals surface area contributed by atoms with Gasteiger partial charge in [0.05, 0.1) is 25.6 Å². The fourth-order valence-corrected chi connectivity index (χ4v) is 3.54. The average Bonchev–Trinajstić information content (AvgIpc) is 2.82. The van der Waals surface area contributed by atoms with Gasteiger partial charge < -0.3 is 9.47 Å². The summed E-state index contributed by atoms with van der Waals surface area (Å²) in [6, 6.07) is 7.61. The Hall–Kier alpha value is -2.17. The first-order valence-electron chi connectivity index (χ1n) is 12.5. The summed E-state index contributed by atoms with van der Waals surface area (Å²) >= 11 is 0. The number of hydrogen-bond donors (Lipinski definition) is 0. The van der Waals surface area contributed by atoms with E-state index in [-0.39, 0.29) is 0 Å². The molecule has 2 rings (SSSR count). The molecule has 0 saturated heterocycles. The van der Waals surface area contributed by atoms with Gasteiger partial charge in [0.2, 0.25) is 0 Å². The maximum absolute atomic E-state index is 13.7. The van der Waals surface area contributed by atoms with E-state index in [1.54, 1.807) is 12.4 Å². The van der Waals surface area contributed by atoms with Crippen LogP contribution < -0.4 is 9.47 Å². The van der Waals surface area contributed by atoms with Gasteiger partial charge in [-0.05, 0) is 37.1 Å². The van der Waals surface area contributed by atoms with Crippen LogP contribution in [0.5, 0.6) is 11.5 Å². The molecule has 0 bridgehead atoms. The van der Waals surface area contributed by atoms with Crippen molar-refractivity contribution in [3.05, 3.63) is 36.7 Å². The lowest BCUT2D eigenvalue weighted by Crippen LogP contribution is -2.07. The molecule has 0 radical (unpaired) electrons. The Morgan fingerprint density at radius 2 is 1.28 bits per heavy atom. The number of hydrogen-bond acceptors (Lipinski definition) is 4. The molecule has 0 amide bonds. The lowest BCUT2D eigenvalue weighted by Gasteiger charge is -2.10. The van der Waals surface area contributed by atoms with E-state index >= 15 is 0 Å². The van der Waals surface area contributed by atoms with Gasteiger partial charge in [-0.1, -0.05) is 71.6 Å². The molecular formula is C27H41FN2O2. The highest BCUT2D eigenvalue weighted by molar-refractivity contribution is 5.56. The third kappa shape index (κ3) is 10.9. The molecular weight excluding hydrogens is 403 g/mol. The minimum Gasteiger partial charge on any atom is -0.493 e. The van der Waals surface area contributed by atoms with Crippen LogP contribution in [0.1, 0.15) is 90.9 Å². The van der Waals surface area contributed by atoms with Gasteiger partial charge in [-0.15, -0.1) is 0 Å². The summed E-state index contributed by atoms with van der Waals surface area (Å²) in [4.78, 5) is 8.85. The second-order valence-corrected chi connectivity index (χ2v) is 8.47. The molecule has 0 aliphatic rings. The zero-order valence-corrected chi connectivity index (χ0v) is 20.0. The van der Waals surface area contributed by atoms with Crippen molar-refractivity contribution in [1.29, 1.82) is 0 Å². The quantitative estimate of drug-likeness (QED) is 0.219. The van der Waals surface area contributed by atoms with Crippen molar-refractivity contribution in [3.63, 3.8) is 0 Å². The number of benzene rings is 1. The van der Waals surface area contributed by atoms with Crippen molar-refractivity contribution >= 4 is 0 Å². The normalized spacial score (nSPS) is 12.0. The Morgan fingerprint density at radius 3 is 1.94 bits per heavy atom. The largest absolute Gasteiger partial charge is 0.493 e. The van der Waals surface area contributed by atoms with E-state index in [2.05, 4.69) is 23.8 Å². The number of aromatic nitrogens is 2. The Kier molecular flexibility index (Phi) is 13.4. The first kappa shape index (κ1) is 26.1. The Balaban J connectivity index is 1.64. The Morgan fingerprint density at radius 1 is 0.688 bits per heavy atom. The molecule has 1 aromatic heterocycles. The molecule has 0 fully saturated rings. The number of alkyl halides is 1. The third-order valence-electron chi connectivity index (χ3n) is 5.58. The average molecular weight is 445 g/mol. The third-order valence-corrected chi connectivity index (χ3v) is 5.58. The summed E-state index contributed by atoms with van der Waals surface area (Å²) < 4.78 is 25.1. The molecule has 0 N–H and O–H groups in total. The van der Waals surface area contributed by atoms with E-state index in [1.165, 1.54) is 44.9 Å². The fraction of sp³-hybridized carbons (Fsp3) is 0.630. The summed E-state index contributed by atoms with van der Waals surface area (Å²) in [5.41, 5.74) is 0.915. The maximum Gasteiger partial charge on any atom is 0.159 e. The molecule has 1 aromatic carbocycles. The fourth-order valence-electron chi connectivity index (χ4n) is 3.54. The van der Waals surface area contributed by atoms with Crippen LogP contribution >= 0.6 is 0 Å². The van der Waals surface area contributed by atoms with Gasteiger partial charge in [-0.25, -0.2) is 14.4 Å². The molecule has 5 heteroatoms. The molecule has 1 heterocycles. The van der Waals surface area contributed by atoms with Gasteiger partial charge >= 0.3 is 0 Å². The predicted octanol–water partition coefficient (Wildman–Crippen LogP) is 7.96. The molecule has 0 saturated carbocycles. The maximum atomic E-state index is 13.7. The standard InChI is InChI=1S/C27H41FN2O2/c1-3-5-7-8-9-10-11-12-19-31-26-21-29-27(30-22-26)23-14-16-25(17-15-23)32-20-18-24(28)13-6-4-2/h14-17,21-22,24H,3-13,18-20H2,1-2H3/t24-/m0/s1. The van der Waals surface area contributed by atoms with Crippen LogP contribution in [-0.4, -0.2) is 29.4 Å². The second kappa shape index (κ2) is 16.5. The van der Waals surface area contributed by atoms with E-state index in [0.29, 0.717) is 37.6 Å². The van der Waals surface area contributed by atoms with Crippen molar-refractivity contribution in [1.82, 2.24) is 9.97 Å². The van der Waals surface area contributed by atoms with Crippen LogP contribution in [0.3, 0.4) is 0 Å². The lowest BCUT2D eigenvalue weighted by molar-refractivity contribution is 0.223. The minimum absolute atomic E-state index is 0.394. The van der Waals surface area contributed by atoms with Gasteiger partial charge in [0.25, 0.3) is 0 Å². The van der Waals surface area contributed by atoms with Crippen molar-refractivity contribution in [2.24, 2.45) is 0 Å². The van der Waals surface area contributed by atoms with Crippen molar-refractivity contribution < 1.29 is 13.9 Å². The number of unbranched alkanes of at least 4 members (excludes halogenated alkanes) is 8. The number of rotatable bonds is 18. The topological polar surface area (TPSA) is 44.2 Å². The van der Waals surface area contributed by atoms with Gasteiger partial charge in [0.1, 0.15) is 11.9 Å². The Bertz CT molecular complexity index is 707. The first-order valence-corrected chi connectivity index (χ1v) is 12.5. The number of ether oxygens (including phenoxy) is 2. The molecule has 0 spiro atoms. The summed E-state index contributed by atoms with van der Waals surface area (Å²) in [6.45, 7) is 5.43. The SMILES string of the molecule is CCCCCCCCCCOc1cnc(-c2ccc(OCC[C@@H](F)CCCC)cc2)nc1. The molecule has 178 valence electrons. The molecule has 0 aliphatic heterocycles. The predicted molar refractivity (Wildman–Crippen MR) is 130 cm³/mol. The van der Waals surface area contributed by atoms with Crippen LogP contribution in [0, 0.1) is 0 Å². The molecule has 32 heavy (non-hydrogen) atoms. The number of nitrogens with zero attached hydrogens (tertiary/aromatic N) is 2. The van der Waals surface area contributed by atoms with Crippen molar-refractivity contribution in [3.8, 4) is 22.9 Å². The summed E-state index contributed by atoms with van der Waals surface area (Å²) in [6.07, 6.45) is 16.0. The zero-order valence-electron chi connectivity index (χ0n) is 20.0. The van der Waals surface area contributed by atoms with E-state index in [9.17, 15) is 4.39 Å². The van der Waals surface area contributed by atoms with Gasteiger partial charge in [-0.2, -0.15) is 0 Å². The smallest absolute Gasteiger partial charge is 0.159 e. The molecule has 1 atom stereocenters. The highest BCUT2D eigenvalue weighted by Crippen LogP contribution is 2.21. The van der Waals surface area contributed by atoms with Crippen LogP contribution in [0.15, 0.2) is 36.7 Å². The lowest BCUT2D eigenvalue weighted by atomic mass is 10.1. The first-order chi connectivity index (χ1) is 15.7. The Labute approximate surface area is 194 Å². The van der Waals surface area contributed by atoms with Gasteiger partial charge in [-0.3, -0.25) is 0 Å². The summed E-state index contributed by atoms with van der Waals surface area (Å²) in [7, 11) is 0. The van der Waals surface area contributed by atoms with Crippen LogP contribution in [-0.2, 0) is 0 Å². The highest BCUT2D eigenvalue weighted by Gasteiger charge is 2.07. The van der Waals surface area contributed by atoms with Crippen LogP contribution in [0.25, 0.3) is 11.4 Å². The van der Waals surface area contributed by atoms with E-state index < -0.39 is 6.17 Å². The summed E-state index contributed by atoms with van der Waals surface area (Å²) in [5, 5.41) is 0. The molecule has 2 aromatic rings. The molecule has 4 nitrogen and oxygen atoms in total. The van der Waals surface area contributed by atoms with Crippen LogP contribution in [0.4, 0.5) is 4.39 Å². The van der Waals surface area contributed by atoms with E-state index in [4.69, 9.17) is 9.47 Å². The second-order valence-electron chi connectivity index (χ2n) is 8.47. The van der Waals surface area contributed by atoms with Crippen molar-refractivity contribution in [2.45, 2.75) is 97.1 Å². The monoisotopic (exact) mass is 444 g/mol. The van der Waals surface area contributed by atoms with Gasteiger partial charge in [0.15, 0.2) is 11.6 Å². The minimum atomic E-state index is -0.779. The zero-order chi connectivity index (χ0) is 22.9. The van der Waals surface area contributed by atoms with Crippen molar-refractivity contribution in [2.75, 3.05) is 13.2 Å². The number of halogens is 1. The molecule has 0 aliphatic carbocycles. The van der Waals surface area contributed by atoms with Gasteiger partial charge in [0, 0.05) is 12.0 Å². The van der Waals surface area contributed by atoms with E-state index in [1.807, 2.05) is 24.3 Å². The highest BCUT2D eigenvalue weighted by atomic mass is 19.1.